The number of hydrogen-bond acceptors (Lipinski definition) is 3. The molecule has 2 aliphatic heterocycles. The average molecular weight is 197 g/mol. The minimum Gasteiger partial charge on any atom is -0.368 e. The van der Waals surface area contributed by atoms with Crippen molar-refractivity contribution in [3.63, 3.8) is 0 Å². The highest BCUT2D eigenvalue weighted by Crippen LogP contribution is 2.12. The molecule has 2 atom stereocenters. The highest BCUT2D eigenvalue weighted by Gasteiger charge is 2.30. The Morgan fingerprint density at radius 2 is 2.36 bits per heavy atom. The van der Waals surface area contributed by atoms with Gasteiger partial charge in [-0.1, -0.05) is 6.42 Å². The Morgan fingerprint density at radius 1 is 1.43 bits per heavy atom. The van der Waals surface area contributed by atoms with E-state index in [9.17, 15) is 4.79 Å². The molecule has 0 aliphatic carbocycles. The zero-order chi connectivity index (χ0) is 9.80. The van der Waals surface area contributed by atoms with Gasteiger partial charge in [-0.25, -0.2) is 5.32 Å². The van der Waals surface area contributed by atoms with Gasteiger partial charge < -0.3 is 10.1 Å². The van der Waals surface area contributed by atoms with E-state index in [2.05, 4.69) is 10.6 Å². The summed E-state index contributed by atoms with van der Waals surface area (Å²) in [5, 5.41) is 7.51. The maximum absolute atomic E-state index is 11.9. The number of nitrogens with one attached hydrogen (secondary N) is 1. The van der Waals surface area contributed by atoms with Gasteiger partial charge >= 0.3 is 0 Å². The molecule has 14 heavy (non-hydrogen) atoms. The van der Waals surface area contributed by atoms with Crippen LogP contribution in [0.3, 0.4) is 0 Å². The molecule has 2 heterocycles. The number of ether oxygens (including phenoxy) is 1. The van der Waals surface area contributed by atoms with Gasteiger partial charge in [0.05, 0.1) is 12.6 Å². The maximum Gasteiger partial charge on any atom is 0.181 e. The van der Waals surface area contributed by atoms with Crippen LogP contribution in [-0.2, 0) is 9.53 Å². The third kappa shape index (κ3) is 2.32. The Hall–Kier alpha value is -0.450. The van der Waals surface area contributed by atoms with Crippen LogP contribution in [0.4, 0.5) is 0 Å². The fraction of sp³-hybridized carbons (Fsp3) is 0.900. The van der Waals surface area contributed by atoms with Gasteiger partial charge in [-0.15, -0.1) is 0 Å². The number of carbonyl (C=O) groups is 1. The van der Waals surface area contributed by atoms with E-state index in [0.29, 0.717) is 13.2 Å². The summed E-state index contributed by atoms with van der Waals surface area (Å²) in [6, 6.07) is -0.0892. The number of nitrogens with zero attached hydrogens (tertiary/aromatic N) is 1. The van der Waals surface area contributed by atoms with E-state index in [1.165, 1.54) is 0 Å². The van der Waals surface area contributed by atoms with E-state index in [4.69, 9.17) is 4.74 Å². The first-order valence-electron chi connectivity index (χ1n) is 5.40. The van der Waals surface area contributed by atoms with Crippen LogP contribution in [0.1, 0.15) is 19.3 Å². The van der Waals surface area contributed by atoms with Crippen LogP contribution in [-0.4, -0.2) is 44.2 Å². The van der Waals surface area contributed by atoms with Gasteiger partial charge in [-0.05, 0) is 12.8 Å². The van der Waals surface area contributed by atoms with E-state index in [-0.39, 0.29) is 17.9 Å². The lowest BCUT2D eigenvalue weighted by atomic mass is 9.97. The molecule has 1 radical (unpaired) electrons. The Balaban J connectivity index is 1.85. The molecule has 2 aliphatic rings. The van der Waals surface area contributed by atoms with E-state index in [0.717, 1.165) is 32.4 Å². The fourth-order valence-electron chi connectivity index (χ4n) is 1.98. The van der Waals surface area contributed by atoms with Crippen molar-refractivity contribution in [2.75, 3.05) is 26.2 Å². The first kappa shape index (κ1) is 10.1. The van der Waals surface area contributed by atoms with Gasteiger partial charge in [-0.3, -0.25) is 4.79 Å². The topological polar surface area (TPSA) is 52.4 Å². The van der Waals surface area contributed by atoms with Gasteiger partial charge in [0.1, 0.15) is 6.10 Å². The molecular formula is C10H17N2O2. The van der Waals surface area contributed by atoms with Crippen molar-refractivity contribution in [1.29, 1.82) is 0 Å². The van der Waals surface area contributed by atoms with Crippen molar-refractivity contribution >= 4 is 5.78 Å². The molecule has 1 N–H and O–H groups in total. The third-order valence-electron chi connectivity index (χ3n) is 2.81. The first-order chi connectivity index (χ1) is 6.88. The van der Waals surface area contributed by atoms with Crippen molar-refractivity contribution < 1.29 is 9.53 Å². The van der Waals surface area contributed by atoms with Gasteiger partial charge in [0.15, 0.2) is 5.78 Å². The smallest absolute Gasteiger partial charge is 0.181 e. The Labute approximate surface area is 84.4 Å². The number of carbonyl (C=O) groups excluding carboxylic acids is 1. The first-order valence-corrected chi connectivity index (χ1v) is 5.40. The molecule has 2 saturated heterocycles. The van der Waals surface area contributed by atoms with Crippen LogP contribution >= 0.6 is 0 Å². The quantitative estimate of drug-likeness (QED) is 0.661. The molecule has 0 amide bonds. The molecule has 0 saturated carbocycles. The molecule has 4 nitrogen and oxygen atoms in total. The number of rotatable bonds is 2. The lowest BCUT2D eigenvalue weighted by molar-refractivity contribution is -0.134. The molecule has 2 fully saturated rings. The second-order valence-corrected chi connectivity index (χ2v) is 3.88. The molecule has 0 bridgehead atoms. The zero-order valence-electron chi connectivity index (χ0n) is 8.37. The van der Waals surface area contributed by atoms with Crippen LogP contribution in [0.2, 0.25) is 0 Å². The summed E-state index contributed by atoms with van der Waals surface area (Å²) in [6.07, 6.45) is 2.92. The summed E-state index contributed by atoms with van der Waals surface area (Å²) < 4.78 is 5.42. The lowest BCUT2D eigenvalue weighted by Gasteiger charge is -2.28. The molecule has 0 spiro atoms. The summed E-state index contributed by atoms with van der Waals surface area (Å²) in [5.74, 6) is 0.178. The number of Topliss-reactive ketones (excluding diaryl/α,β-unsaturated/α-hetero) is 1. The van der Waals surface area contributed by atoms with Gasteiger partial charge in [-0.2, -0.15) is 0 Å². The number of ketones is 1. The van der Waals surface area contributed by atoms with Crippen molar-refractivity contribution in [1.82, 2.24) is 10.6 Å². The third-order valence-corrected chi connectivity index (χ3v) is 2.81. The Bertz CT molecular complexity index is 176. The van der Waals surface area contributed by atoms with Crippen molar-refractivity contribution in [3.05, 3.63) is 0 Å². The summed E-state index contributed by atoms with van der Waals surface area (Å²) in [4.78, 5) is 11.9. The van der Waals surface area contributed by atoms with Gasteiger partial charge in [0.25, 0.3) is 0 Å². The van der Waals surface area contributed by atoms with Crippen LogP contribution in [0, 0.1) is 0 Å². The number of piperidine rings is 1. The van der Waals surface area contributed by atoms with Crippen LogP contribution in [0.15, 0.2) is 0 Å². The maximum atomic E-state index is 11.9. The van der Waals surface area contributed by atoms with Crippen LogP contribution in [0.25, 0.3) is 0 Å². The molecule has 79 valence electrons. The minimum atomic E-state index is -0.254. The Morgan fingerprint density at radius 3 is 3.00 bits per heavy atom. The molecule has 0 aromatic carbocycles. The van der Waals surface area contributed by atoms with E-state index >= 15 is 0 Å². The molecular weight excluding hydrogens is 180 g/mol. The van der Waals surface area contributed by atoms with Gasteiger partial charge in [0.2, 0.25) is 0 Å². The fourth-order valence-corrected chi connectivity index (χ4v) is 1.98. The predicted octanol–water partition coefficient (Wildman–Crippen LogP) is -0.299. The highest BCUT2D eigenvalue weighted by atomic mass is 16.5. The summed E-state index contributed by atoms with van der Waals surface area (Å²) in [7, 11) is 0. The molecule has 2 unspecified atom stereocenters. The Kier molecular flexibility index (Phi) is 3.50. The molecule has 0 aromatic rings. The second-order valence-electron chi connectivity index (χ2n) is 3.88. The van der Waals surface area contributed by atoms with Crippen molar-refractivity contribution in [2.24, 2.45) is 0 Å². The van der Waals surface area contributed by atoms with Gasteiger partial charge in [0, 0.05) is 19.6 Å². The van der Waals surface area contributed by atoms with Crippen LogP contribution < -0.4 is 10.6 Å². The minimum absolute atomic E-state index is 0.0892. The van der Waals surface area contributed by atoms with E-state index in [1.807, 2.05) is 0 Å². The van der Waals surface area contributed by atoms with E-state index < -0.39 is 0 Å². The molecule has 4 heteroatoms. The summed E-state index contributed by atoms with van der Waals surface area (Å²) in [6.45, 7) is 3.00. The largest absolute Gasteiger partial charge is 0.368 e. The monoisotopic (exact) mass is 197 g/mol. The standard InChI is InChI=1S/C10H17N2O2/c13-10(8-3-1-2-4-12-8)9-7-11-5-6-14-9/h8-9,11H,1-7H2. The summed E-state index contributed by atoms with van der Waals surface area (Å²) in [5.41, 5.74) is 0. The SMILES string of the molecule is O=C(C1CCCC[N]1)C1CNCCO1. The van der Waals surface area contributed by atoms with Crippen LogP contribution in [0.5, 0.6) is 0 Å². The number of morpholine rings is 1. The molecule has 2 rings (SSSR count). The zero-order valence-corrected chi connectivity index (χ0v) is 8.37. The van der Waals surface area contributed by atoms with Crippen molar-refractivity contribution in [2.45, 2.75) is 31.4 Å². The number of hydrogen-bond donors (Lipinski definition) is 1. The molecule has 0 aromatic heterocycles. The normalized spacial score (nSPS) is 34.0. The van der Waals surface area contributed by atoms with E-state index in [1.54, 1.807) is 0 Å². The average Bonchev–Trinajstić information content (AvgIpc) is 2.30. The van der Waals surface area contributed by atoms with Crippen molar-refractivity contribution in [3.8, 4) is 0 Å². The lowest BCUT2D eigenvalue weighted by Crippen LogP contribution is -2.49. The highest BCUT2D eigenvalue weighted by molar-refractivity contribution is 5.88. The second kappa shape index (κ2) is 4.87. The summed E-state index contributed by atoms with van der Waals surface area (Å²) >= 11 is 0. The predicted molar refractivity (Wildman–Crippen MR) is 52.3 cm³/mol.